The molecule has 0 aliphatic heterocycles. The first-order valence-electron chi connectivity index (χ1n) is 7.51. The number of benzene rings is 1. The normalized spacial score (nSPS) is 10.1. The number of anilines is 2. The lowest BCUT2D eigenvalue weighted by Crippen LogP contribution is -2.44. The van der Waals surface area contributed by atoms with Gasteiger partial charge in [0.1, 0.15) is 12.1 Å². The molecule has 0 bridgehead atoms. The Morgan fingerprint density at radius 2 is 1.92 bits per heavy atom. The molecule has 2 aromatic rings. The Hall–Kier alpha value is -2.74. The van der Waals surface area contributed by atoms with E-state index in [0.29, 0.717) is 16.6 Å². The van der Waals surface area contributed by atoms with Gasteiger partial charge in [-0.15, -0.1) is 0 Å². The summed E-state index contributed by atoms with van der Waals surface area (Å²) in [5.74, 6) is 0.443. The minimum atomic E-state index is -0.249. The van der Waals surface area contributed by atoms with Crippen molar-refractivity contribution in [3.8, 4) is 0 Å². The molecule has 0 unspecified atom stereocenters. The number of thiocarbonyl (C=S) groups is 1. The summed E-state index contributed by atoms with van der Waals surface area (Å²) < 4.78 is 0. The molecular formula is C16H20N6OS. The molecule has 7 nitrogen and oxygen atoms in total. The number of para-hydroxylation sites is 1. The molecule has 1 aromatic heterocycles. The van der Waals surface area contributed by atoms with Gasteiger partial charge in [-0.1, -0.05) is 18.2 Å². The van der Waals surface area contributed by atoms with Gasteiger partial charge in [0.05, 0.1) is 12.1 Å². The van der Waals surface area contributed by atoms with E-state index >= 15 is 0 Å². The van der Waals surface area contributed by atoms with Crippen LogP contribution in [0.1, 0.15) is 19.5 Å². The molecule has 0 saturated carbocycles. The van der Waals surface area contributed by atoms with Crippen molar-refractivity contribution in [2.45, 2.75) is 26.3 Å². The van der Waals surface area contributed by atoms with E-state index in [0.717, 1.165) is 5.69 Å². The number of rotatable bonds is 5. The molecule has 2 rings (SSSR count). The molecule has 24 heavy (non-hydrogen) atoms. The topological polar surface area (TPSA) is 91.0 Å². The predicted octanol–water partition coefficient (Wildman–Crippen LogP) is 1.86. The summed E-state index contributed by atoms with van der Waals surface area (Å²) in [6.07, 6.45) is 1.55. The fourth-order valence-corrected chi connectivity index (χ4v) is 2.06. The Morgan fingerprint density at radius 1 is 1.17 bits per heavy atom. The molecule has 1 heterocycles. The van der Waals surface area contributed by atoms with Gasteiger partial charge in [0.15, 0.2) is 5.11 Å². The van der Waals surface area contributed by atoms with Crippen molar-refractivity contribution < 1.29 is 4.79 Å². The number of carbonyl (C=O) groups excluding carboxylic acids is 1. The minimum absolute atomic E-state index is 0.121. The Morgan fingerprint density at radius 3 is 2.62 bits per heavy atom. The molecule has 0 fully saturated rings. The molecule has 0 aliphatic carbocycles. The van der Waals surface area contributed by atoms with Crippen molar-refractivity contribution in [2.24, 2.45) is 0 Å². The van der Waals surface area contributed by atoms with Crippen LogP contribution >= 0.6 is 12.2 Å². The van der Waals surface area contributed by atoms with Crippen LogP contribution in [0.25, 0.3) is 0 Å². The van der Waals surface area contributed by atoms with Crippen molar-refractivity contribution in [3.05, 3.63) is 48.4 Å². The van der Waals surface area contributed by atoms with E-state index in [2.05, 4.69) is 31.5 Å². The molecule has 8 heteroatoms. The highest BCUT2D eigenvalue weighted by atomic mass is 32.1. The first kappa shape index (κ1) is 17.6. The van der Waals surface area contributed by atoms with E-state index in [1.165, 1.54) is 6.33 Å². The van der Waals surface area contributed by atoms with Crippen LogP contribution in [0, 0.1) is 0 Å². The SMILES string of the molecule is CC(C)Nc1cc(CC(=O)NNC(=S)Nc2ccccc2)ncn1. The van der Waals surface area contributed by atoms with Crippen LogP contribution in [0.3, 0.4) is 0 Å². The number of nitrogens with zero attached hydrogens (tertiary/aromatic N) is 2. The lowest BCUT2D eigenvalue weighted by molar-refractivity contribution is -0.121. The summed E-state index contributed by atoms with van der Waals surface area (Å²) in [7, 11) is 0. The summed E-state index contributed by atoms with van der Waals surface area (Å²) >= 11 is 5.11. The van der Waals surface area contributed by atoms with Gasteiger partial charge in [0, 0.05) is 17.8 Å². The Labute approximate surface area is 146 Å². The Kier molecular flexibility index (Phi) is 6.44. The van der Waals surface area contributed by atoms with E-state index < -0.39 is 0 Å². The van der Waals surface area contributed by atoms with Crippen LogP contribution in [0.15, 0.2) is 42.7 Å². The molecule has 0 aliphatic rings. The zero-order chi connectivity index (χ0) is 17.4. The smallest absolute Gasteiger partial charge is 0.244 e. The van der Waals surface area contributed by atoms with Crippen LogP contribution in [-0.4, -0.2) is 27.0 Å². The van der Waals surface area contributed by atoms with Gasteiger partial charge in [-0.25, -0.2) is 9.97 Å². The minimum Gasteiger partial charge on any atom is -0.368 e. The maximum atomic E-state index is 12.0. The lowest BCUT2D eigenvalue weighted by atomic mass is 10.2. The molecule has 1 amide bonds. The van der Waals surface area contributed by atoms with E-state index in [9.17, 15) is 4.79 Å². The van der Waals surface area contributed by atoms with Crippen LogP contribution < -0.4 is 21.5 Å². The predicted molar refractivity (Wildman–Crippen MR) is 98.4 cm³/mol. The van der Waals surface area contributed by atoms with E-state index in [1.807, 2.05) is 44.2 Å². The maximum Gasteiger partial charge on any atom is 0.244 e. The molecular weight excluding hydrogens is 324 g/mol. The maximum absolute atomic E-state index is 12.0. The molecule has 1 aromatic carbocycles. The summed E-state index contributed by atoms with van der Waals surface area (Å²) in [5, 5.41) is 6.43. The van der Waals surface area contributed by atoms with Gasteiger partial charge in [-0.3, -0.25) is 15.6 Å². The van der Waals surface area contributed by atoms with Crippen molar-refractivity contribution in [3.63, 3.8) is 0 Å². The number of nitrogens with one attached hydrogen (secondary N) is 4. The molecule has 0 atom stereocenters. The molecule has 0 spiro atoms. The summed E-state index contributed by atoms with van der Waals surface area (Å²) in [6, 6.07) is 11.4. The van der Waals surface area contributed by atoms with Crippen LogP contribution in [0.5, 0.6) is 0 Å². The summed E-state index contributed by atoms with van der Waals surface area (Å²) in [5.41, 5.74) is 6.65. The average molecular weight is 344 g/mol. The average Bonchev–Trinajstić information content (AvgIpc) is 2.53. The number of hydrazine groups is 1. The van der Waals surface area contributed by atoms with E-state index in [1.54, 1.807) is 6.07 Å². The molecule has 126 valence electrons. The summed E-state index contributed by atoms with van der Waals surface area (Å²) in [4.78, 5) is 20.2. The fraction of sp³-hybridized carbons (Fsp3) is 0.250. The first-order chi connectivity index (χ1) is 11.5. The van der Waals surface area contributed by atoms with E-state index in [4.69, 9.17) is 12.2 Å². The zero-order valence-corrected chi connectivity index (χ0v) is 14.4. The third-order valence-corrected chi connectivity index (χ3v) is 3.05. The number of amides is 1. The second kappa shape index (κ2) is 8.78. The lowest BCUT2D eigenvalue weighted by Gasteiger charge is -2.12. The molecule has 0 radical (unpaired) electrons. The number of hydrogen-bond donors (Lipinski definition) is 4. The van der Waals surface area contributed by atoms with Gasteiger partial charge in [0.25, 0.3) is 0 Å². The van der Waals surface area contributed by atoms with Crippen LogP contribution in [-0.2, 0) is 11.2 Å². The standard InChI is InChI=1S/C16H20N6OS/c1-11(2)19-14-8-13(17-10-18-14)9-15(23)21-22-16(24)20-12-6-4-3-5-7-12/h3-8,10-11H,9H2,1-2H3,(H,21,23)(H,17,18,19)(H2,20,22,24). The molecule has 0 saturated heterocycles. The highest BCUT2D eigenvalue weighted by Gasteiger charge is 2.07. The van der Waals surface area contributed by atoms with Crippen molar-refractivity contribution in [1.29, 1.82) is 0 Å². The largest absolute Gasteiger partial charge is 0.368 e. The number of carbonyl (C=O) groups is 1. The van der Waals surface area contributed by atoms with Crippen LogP contribution in [0.2, 0.25) is 0 Å². The third-order valence-electron chi connectivity index (χ3n) is 2.85. The monoisotopic (exact) mass is 344 g/mol. The first-order valence-corrected chi connectivity index (χ1v) is 7.92. The fourth-order valence-electron chi connectivity index (χ4n) is 1.89. The molecule has 4 N–H and O–H groups in total. The van der Waals surface area contributed by atoms with Gasteiger partial charge in [-0.05, 0) is 38.2 Å². The van der Waals surface area contributed by atoms with Crippen molar-refractivity contribution in [1.82, 2.24) is 20.8 Å². The van der Waals surface area contributed by atoms with Gasteiger partial charge in [-0.2, -0.15) is 0 Å². The Bertz CT molecular complexity index is 692. The van der Waals surface area contributed by atoms with Crippen molar-refractivity contribution in [2.75, 3.05) is 10.6 Å². The number of hydrogen-bond acceptors (Lipinski definition) is 5. The third kappa shape index (κ3) is 6.17. The quantitative estimate of drug-likeness (QED) is 0.486. The van der Waals surface area contributed by atoms with Gasteiger partial charge in [0.2, 0.25) is 5.91 Å². The number of aromatic nitrogens is 2. The second-order valence-corrected chi connectivity index (χ2v) is 5.77. The van der Waals surface area contributed by atoms with Crippen LogP contribution in [0.4, 0.5) is 11.5 Å². The van der Waals surface area contributed by atoms with E-state index in [-0.39, 0.29) is 18.4 Å². The zero-order valence-electron chi connectivity index (χ0n) is 13.5. The van der Waals surface area contributed by atoms with Gasteiger partial charge < -0.3 is 10.6 Å². The Balaban J connectivity index is 1.80. The summed E-state index contributed by atoms with van der Waals surface area (Å²) in [6.45, 7) is 4.03. The highest BCUT2D eigenvalue weighted by molar-refractivity contribution is 7.80. The van der Waals surface area contributed by atoms with Gasteiger partial charge >= 0.3 is 0 Å². The highest BCUT2D eigenvalue weighted by Crippen LogP contribution is 2.06. The second-order valence-electron chi connectivity index (χ2n) is 5.36. The van der Waals surface area contributed by atoms with Crippen molar-refractivity contribution >= 4 is 34.7 Å².